The number of aliphatic hydroxyl groups is 1. The van der Waals surface area contributed by atoms with Crippen LogP contribution in [0.3, 0.4) is 0 Å². The maximum atomic E-state index is 12.8. The molecule has 1 N–H and O–H groups in total. The molecular formula is C8H6BrF3O. The van der Waals surface area contributed by atoms with Gasteiger partial charge in [0, 0.05) is 0 Å². The van der Waals surface area contributed by atoms with Gasteiger partial charge in [-0.2, -0.15) is 0 Å². The summed E-state index contributed by atoms with van der Waals surface area (Å²) in [5.41, 5.74) is -0.129. The standard InChI is InChI=1S/C8H6BrF3O/c9-5-2-1-4(3-6(5)10)7(13)8(11)12/h1-3,7-8,13H. The van der Waals surface area contributed by atoms with Gasteiger partial charge >= 0.3 is 0 Å². The van der Waals surface area contributed by atoms with Crippen molar-refractivity contribution in [3.8, 4) is 0 Å². The van der Waals surface area contributed by atoms with Crippen molar-refractivity contribution in [3.63, 3.8) is 0 Å². The Morgan fingerprint density at radius 2 is 1.92 bits per heavy atom. The maximum Gasteiger partial charge on any atom is 0.268 e. The van der Waals surface area contributed by atoms with Crippen molar-refractivity contribution in [3.05, 3.63) is 34.1 Å². The van der Waals surface area contributed by atoms with Gasteiger partial charge in [0.2, 0.25) is 0 Å². The summed E-state index contributed by atoms with van der Waals surface area (Å²) in [5, 5.41) is 8.88. The number of hydrogen-bond acceptors (Lipinski definition) is 1. The molecule has 0 heterocycles. The fourth-order valence-electron chi connectivity index (χ4n) is 0.842. The third kappa shape index (κ3) is 2.45. The van der Waals surface area contributed by atoms with Crippen LogP contribution in [0.5, 0.6) is 0 Å². The van der Waals surface area contributed by atoms with Gasteiger partial charge in [-0.15, -0.1) is 0 Å². The second kappa shape index (κ2) is 4.11. The van der Waals surface area contributed by atoms with E-state index in [1.54, 1.807) is 0 Å². The van der Waals surface area contributed by atoms with Crippen LogP contribution in [-0.4, -0.2) is 11.5 Å². The molecule has 1 rings (SSSR count). The first-order valence-electron chi connectivity index (χ1n) is 3.43. The van der Waals surface area contributed by atoms with Crippen molar-refractivity contribution in [2.24, 2.45) is 0 Å². The Kier molecular flexibility index (Phi) is 3.33. The topological polar surface area (TPSA) is 20.2 Å². The molecule has 0 bridgehead atoms. The van der Waals surface area contributed by atoms with Gasteiger partial charge in [0.15, 0.2) is 0 Å². The SMILES string of the molecule is OC(c1ccc(Br)c(F)c1)C(F)F. The molecule has 0 saturated heterocycles. The van der Waals surface area contributed by atoms with Crippen molar-refractivity contribution in [2.45, 2.75) is 12.5 Å². The Morgan fingerprint density at radius 1 is 1.31 bits per heavy atom. The number of halogens is 4. The molecule has 1 atom stereocenters. The molecule has 0 saturated carbocycles. The highest BCUT2D eigenvalue weighted by Gasteiger charge is 2.19. The average Bonchev–Trinajstić information content (AvgIpc) is 2.08. The Morgan fingerprint density at radius 3 is 2.38 bits per heavy atom. The zero-order valence-corrected chi connectivity index (χ0v) is 7.93. The van der Waals surface area contributed by atoms with Gasteiger partial charge < -0.3 is 5.11 Å². The number of rotatable bonds is 2. The second-order valence-electron chi connectivity index (χ2n) is 2.45. The molecule has 0 aliphatic rings. The fraction of sp³-hybridized carbons (Fsp3) is 0.250. The van der Waals surface area contributed by atoms with Crippen molar-refractivity contribution >= 4 is 15.9 Å². The molecule has 13 heavy (non-hydrogen) atoms. The Balaban J connectivity index is 2.97. The zero-order chi connectivity index (χ0) is 10.0. The summed E-state index contributed by atoms with van der Waals surface area (Å²) in [7, 11) is 0. The minimum absolute atomic E-state index is 0.129. The van der Waals surface area contributed by atoms with E-state index in [0.717, 1.165) is 6.07 Å². The van der Waals surface area contributed by atoms with E-state index in [9.17, 15) is 13.2 Å². The minimum atomic E-state index is -2.90. The number of alkyl halides is 2. The quantitative estimate of drug-likeness (QED) is 0.861. The number of benzene rings is 1. The van der Waals surface area contributed by atoms with Crippen molar-refractivity contribution in [2.75, 3.05) is 0 Å². The van der Waals surface area contributed by atoms with E-state index in [-0.39, 0.29) is 10.0 Å². The van der Waals surface area contributed by atoms with Gasteiger partial charge in [-0.05, 0) is 33.6 Å². The van der Waals surface area contributed by atoms with Gasteiger partial charge in [-0.1, -0.05) is 6.07 Å². The highest BCUT2D eigenvalue weighted by molar-refractivity contribution is 9.10. The summed E-state index contributed by atoms with van der Waals surface area (Å²) >= 11 is 2.87. The molecule has 5 heteroatoms. The molecular weight excluding hydrogens is 249 g/mol. The molecule has 72 valence electrons. The van der Waals surface area contributed by atoms with Crippen LogP contribution < -0.4 is 0 Å². The van der Waals surface area contributed by atoms with Crippen LogP contribution in [0.4, 0.5) is 13.2 Å². The van der Waals surface area contributed by atoms with Crippen molar-refractivity contribution in [1.82, 2.24) is 0 Å². The van der Waals surface area contributed by atoms with Gasteiger partial charge in [0.1, 0.15) is 11.9 Å². The summed E-state index contributed by atoms with van der Waals surface area (Å²) in [5.74, 6) is -0.669. The van der Waals surface area contributed by atoms with Crippen LogP contribution in [0, 0.1) is 5.82 Å². The lowest BCUT2D eigenvalue weighted by atomic mass is 10.1. The minimum Gasteiger partial charge on any atom is -0.382 e. The first-order valence-corrected chi connectivity index (χ1v) is 4.23. The fourth-order valence-corrected chi connectivity index (χ4v) is 1.09. The van der Waals surface area contributed by atoms with Crippen LogP contribution >= 0.6 is 15.9 Å². The van der Waals surface area contributed by atoms with Gasteiger partial charge in [0.25, 0.3) is 6.43 Å². The first-order chi connectivity index (χ1) is 6.02. The summed E-state index contributed by atoms with van der Waals surface area (Å²) in [4.78, 5) is 0. The van der Waals surface area contributed by atoms with Gasteiger partial charge in [-0.25, -0.2) is 13.2 Å². The number of hydrogen-bond donors (Lipinski definition) is 1. The molecule has 1 aromatic carbocycles. The lowest BCUT2D eigenvalue weighted by Gasteiger charge is -2.09. The normalized spacial score (nSPS) is 13.4. The molecule has 1 nitrogen and oxygen atoms in total. The predicted molar refractivity (Wildman–Crippen MR) is 45.1 cm³/mol. The van der Waals surface area contributed by atoms with E-state index in [4.69, 9.17) is 5.11 Å². The van der Waals surface area contributed by atoms with Crippen LogP contribution in [0.15, 0.2) is 22.7 Å². The molecule has 0 radical (unpaired) electrons. The van der Waals surface area contributed by atoms with Gasteiger partial charge in [-0.3, -0.25) is 0 Å². The number of aliphatic hydroxyl groups excluding tert-OH is 1. The highest BCUT2D eigenvalue weighted by atomic mass is 79.9. The predicted octanol–water partition coefficient (Wildman–Crippen LogP) is 2.89. The molecule has 1 aromatic rings. The molecule has 0 spiro atoms. The average molecular weight is 255 g/mol. The monoisotopic (exact) mass is 254 g/mol. The zero-order valence-electron chi connectivity index (χ0n) is 6.35. The summed E-state index contributed by atoms with van der Waals surface area (Å²) in [6, 6.07) is 3.39. The lowest BCUT2D eigenvalue weighted by Crippen LogP contribution is -2.08. The Bertz CT molecular complexity index is 303. The van der Waals surface area contributed by atoms with E-state index in [2.05, 4.69) is 15.9 Å². The van der Waals surface area contributed by atoms with E-state index in [1.165, 1.54) is 12.1 Å². The Hall–Kier alpha value is -0.550. The van der Waals surface area contributed by atoms with Gasteiger partial charge in [0.05, 0.1) is 4.47 Å². The highest BCUT2D eigenvalue weighted by Crippen LogP contribution is 2.24. The molecule has 0 fully saturated rings. The van der Waals surface area contributed by atoms with Crippen LogP contribution in [-0.2, 0) is 0 Å². The first kappa shape index (κ1) is 10.5. The summed E-state index contributed by atoms with van der Waals surface area (Å²) in [6.45, 7) is 0. The van der Waals surface area contributed by atoms with Crippen LogP contribution in [0.25, 0.3) is 0 Å². The third-order valence-electron chi connectivity index (χ3n) is 1.52. The van der Waals surface area contributed by atoms with E-state index >= 15 is 0 Å². The molecule has 0 aliphatic carbocycles. The van der Waals surface area contributed by atoms with E-state index in [1.807, 2.05) is 0 Å². The summed E-state index contributed by atoms with van der Waals surface area (Å²) in [6.07, 6.45) is -4.83. The molecule has 0 aliphatic heterocycles. The third-order valence-corrected chi connectivity index (χ3v) is 2.17. The van der Waals surface area contributed by atoms with E-state index < -0.39 is 18.3 Å². The van der Waals surface area contributed by atoms with Crippen molar-refractivity contribution in [1.29, 1.82) is 0 Å². The molecule has 1 unspecified atom stereocenters. The summed E-state index contributed by atoms with van der Waals surface area (Å²) < 4.78 is 36.9. The lowest BCUT2D eigenvalue weighted by molar-refractivity contribution is -0.00593. The smallest absolute Gasteiger partial charge is 0.268 e. The second-order valence-corrected chi connectivity index (χ2v) is 3.31. The van der Waals surface area contributed by atoms with Crippen molar-refractivity contribution < 1.29 is 18.3 Å². The van der Waals surface area contributed by atoms with Crippen LogP contribution in [0.1, 0.15) is 11.7 Å². The van der Waals surface area contributed by atoms with E-state index in [0.29, 0.717) is 0 Å². The maximum absolute atomic E-state index is 12.8. The molecule has 0 amide bonds. The Labute approximate surface area is 81.3 Å². The van der Waals surface area contributed by atoms with Crippen LogP contribution in [0.2, 0.25) is 0 Å². The molecule has 0 aromatic heterocycles. The largest absolute Gasteiger partial charge is 0.382 e.